The number of carbonyl (C=O) groups is 3. The van der Waals surface area contributed by atoms with Gasteiger partial charge in [0.2, 0.25) is 6.54 Å². The summed E-state index contributed by atoms with van der Waals surface area (Å²) in [5.74, 6) is -2.88. The minimum absolute atomic E-state index is 0.161. The first kappa shape index (κ1) is 20.8. The Hall–Kier alpha value is -2.50. The number of nitrogens with zero attached hydrogens (tertiary/aromatic N) is 2. The van der Waals surface area contributed by atoms with Crippen molar-refractivity contribution in [3.63, 3.8) is 0 Å². The fraction of sp³-hybridized carbons (Fsp3) is 0.778. The highest BCUT2D eigenvalue weighted by molar-refractivity contribution is 5.88. The molecule has 148 valence electrons. The van der Waals surface area contributed by atoms with Crippen LogP contribution in [0.3, 0.4) is 0 Å². The molecule has 0 saturated heterocycles. The normalized spacial score (nSPS) is 26.8. The van der Waals surface area contributed by atoms with Gasteiger partial charge in [0.1, 0.15) is 11.3 Å². The van der Waals surface area contributed by atoms with E-state index in [1.54, 1.807) is 6.92 Å². The molecule has 3 atom stereocenters. The lowest BCUT2D eigenvalue weighted by atomic mass is 9.83. The minimum Gasteiger partial charge on any atom is -0.456 e. The maximum absolute atomic E-state index is 12.0. The molecule has 0 aliphatic heterocycles. The summed E-state index contributed by atoms with van der Waals surface area (Å²) >= 11 is 0. The summed E-state index contributed by atoms with van der Waals surface area (Å²) in [6.07, 6.45) is 3.81. The molecule has 2 fully saturated rings. The zero-order valence-corrected chi connectivity index (χ0v) is 15.4. The largest absolute Gasteiger partial charge is 0.456 e. The van der Waals surface area contributed by atoms with Gasteiger partial charge in [-0.25, -0.2) is 0 Å². The topological polar surface area (TPSA) is 139 Å². The number of Topliss-reactive ketones (excluding diaryl/α,β-unsaturated/α-hetero) is 1. The lowest BCUT2D eigenvalue weighted by molar-refractivity contribution is -0.490. The molecule has 2 aliphatic carbocycles. The van der Waals surface area contributed by atoms with E-state index < -0.39 is 40.8 Å². The average molecular weight is 379 g/mol. The van der Waals surface area contributed by atoms with Crippen LogP contribution >= 0.6 is 0 Å². The number of nitro groups is 1. The molecule has 0 aromatic heterocycles. The zero-order chi connectivity index (χ0) is 20.0. The first-order valence-electron chi connectivity index (χ1n) is 9.29. The Bertz CT molecular complexity index is 650. The second-order valence-corrected chi connectivity index (χ2v) is 7.60. The van der Waals surface area contributed by atoms with Crippen LogP contribution in [-0.2, 0) is 19.1 Å². The first-order valence-corrected chi connectivity index (χ1v) is 9.29. The highest BCUT2D eigenvalue weighted by Gasteiger charge is 2.44. The number of ether oxygens (including phenoxy) is 1. The standard InChI is InChI=1S/C18H25N3O6/c1-12-7-15(22)13(14(12)9-21(25)26)8-17(24)27-10-16(23)20-18(11-19)5-3-2-4-6-18/h12-14H,2-10H2,1H3,(H,20,23)/t12-,13-,14-/m1/s1. The lowest BCUT2D eigenvalue weighted by Crippen LogP contribution is -2.50. The Labute approximate surface area is 157 Å². The summed E-state index contributed by atoms with van der Waals surface area (Å²) in [6.45, 7) is 0.866. The van der Waals surface area contributed by atoms with Crippen molar-refractivity contribution in [1.82, 2.24) is 5.32 Å². The van der Waals surface area contributed by atoms with Gasteiger partial charge >= 0.3 is 5.97 Å². The molecule has 2 rings (SSSR count). The van der Waals surface area contributed by atoms with Gasteiger partial charge in [-0.3, -0.25) is 24.5 Å². The fourth-order valence-corrected chi connectivity index (χ4v) is 4.11. The van der Waals surface area contributed by atoms with Gasteiger partial charge in [0, 0.05) is 23.2 Å². The van der Waals surface area contributed by atoms with Gasteiger partial charge < -0.3 is 10.1 Å². The molecule has 0 unspecified atom stereocenters. The number of nitrogens with one attached hydrogen (secondary N) is 1. The third kappa shape index (κ3) is 5.49. The molecule has 9 nitrogen and oxygen atoms in total. The zero-order valence-electron chi connectivity index (χ0n) is 15.4. The summed E-state index contributed by atoms with van der Waals surface area (Å²) in [6, 6.07) is 2.15. The third-order valence-corrected chi connectivity index (χ3v) is 5.59. The number of hydrogen-bond donors (Lipinski definition) is 1. The van der Waals surface area contributed by atoms with Crippen LogP contribution in [0, 0.1) is 39.2 Å². The number of rotatable bonds is 7. The van der Waals surface area contributed by atoms with Crippen molar-refractivity contribution < 1.29 is 24.0 Å². The number of nitriles is 1. The molecule has 0 bridgehead atoms. The molecular formula is C18H25N3O6. The number of carbonyl (C=O) groups excluding carboxylic acids is 3. The van der Waals surface area contributed by atoms with Gasteiger partial charge in [-0.1, -0.05) is 26.2 Å². The van der Waals surface area contributed by atoms with Crippen molar-refractivity contribution in [1.29, 1.82) is 5.26 Å². The Morgan fingerprint density at radius 2 is 2.04 bits per heavy atom. The summed E-state index contributed by atoms with van der Waals surface area (Å²) < 4.78 is 4.95. The van der Waals surface area contributed by atoms with E-state index in [0.29, 0.717) is 12.8 Å². The van der Waals surface area contributed by atoms with Gasteiger partial charge in [-0.2, -0.15) is 5.26 Å². The van der Waals surface area contributed by atoms with Crippen LogP contribution in [0.5, 0.6) is 0 Å². The number of ketones is 1. The van der Waals surface area contributed by atoms with E-state index in [4.69, 9.17) is 4.74 Å². The molecule has 1 amide bonds. The quantitative estimate of drug-likeness (QED) is 0.400. The van der Waals surface area contributed by atoms with E-state index in [1.165, 1.54) is 0 Å². The SMILES string of the molecule is C[C@@H]1CC(=O)[C@H](CC(=O)OCC(=O)NC2(C#N)CCCCC2)[C@@H]1C[N+](=O)[O-]. The van der Waals surface area contributed by atoms with Crippen LogP contribution in [0.2, 0.25) is 0 Å². The van der Waals surface area contributed by atoms with Crippen molar-refractivity contribution in [3.05, 3.63) is 10.1 Å². The second-order valence-electron chi connectivity index (χ2n) is 7.60. The van der Waals surface area contributed by atoms with Crippen LogP contribution < -0.4 is 5.32 Å². The fourth-order valence-electron chi connectivity index (χ4n) is 4.11. The Kier molecular flexibility index (Phi) is 6.88. The van der Waals surface area contributed by atoms with E-state index in [9.17, 15) is 29.8 Å². The summed E-state index contributed by atoms with van der Waals surface area (Å²) in [5, 5.41) is 22.8. The predicted molar refractivity (Wildman–Crippen MR) is 92.8 cm³/mol. The molecular weight excluding hydrogens is 354 g/mol. The number of amides is 1. The van der Waals surface area contributed by atoms with Crippen LogP contribution in [0.15, 0.2) is 0 Å². The summed E-state index contributed by atoms with van der Waals surface area (Å²) in [7, 11) is 0. The first-order chi connectivity index (χ1) is 12.8. The molecule has 2 aliphatic rings. The molecule has 2 saturated carbocycles. The highest BCUT2D eigenvalue weighted by atomic mass is 16.6. The number of hydrogen-bond acceptors (Lipinski definition) is 7. The minimum atomic E-state index is -0.907. The smallest absolute Gasteiger partial charge is 0.307 e. The molecule has 0 radical (unpaired) electrons. The van der Waals surface area contributed by atoms with E-state index >= 15 is 0 Å². The maximum Gasteiger partial charge on any atom is 0.307 e. The molecule has 0 aromatic rings. The van der Waals surface area contributed by atoms with Gasteiger partial charge in [-0.05, 0) is 18.8 Å². The van der Waals surface area contributed by atoms with Crippen molar-refractivity contribution in [2.45, 2.75) is 57.4 Å². The molecule has 27 heavy (non-hydrogen) atoms. The van der Waals surface area contributed by atoms with Crippen LogP contribution in [-0.4, -0.2) is 41.3 Å². The van der Waals surface area contributed by atoms with Crippen LogP contribution in [0.1, 0.15) is 51.9 Å². The third-order valence-electron chi connectivity index (χ3n) is 5.59. The second kappa shape index (κ2) is 8.93. The van der Waals surface area contributed by atoms with Gasteiger partial charge in [-0.15, -0.1) is 0 Å². The van der Waals surface area contributed by atoms with Gasteiger partial charge in [0.25, 0.3) is 5.91 Å². The summed E-state index contributed by atoms with van der Waals surface area (Å²) in [4.78, 5) is 46.5. The predicted octanol–water partition coefficient (Wildman–Crippen LogP) is 1.38. The molecule has 0 aromatic carbocycles. The maximum atomic E-state index is 12.0. The van der Waals surface area contributed by atoms with E-state index in [1.807, 2.05) is 0 Å². The van der Waals surface area contributed by atoms with Crippen molar-refractivity contribution in [2.75, 3.05) is 13.2 Å². The highest BCUT2D eigenvalue weighted by Crippen LogP contribution is 2.36. The Morgan fingerprint density at radius 3 is 2.63 bits per heavy atom. The Morgan fingerprint density at radius 1 is 1.37 bits per heavy atom. The van der Waals surface area contributed by atoms with Crippen molar-refractivity contribution in [3.8, 4) is 6.07 Å². The molecule has 0 heterocycles. The summed E-state index contributed by atoms with van der Waals surface area (Å²) in [5.41, 5.74) is -0.907. The number of esters is 1. The van der Waals surface area contributed by atoms with Gasteiger partial charge in [0.05, 0.1) is 12.5 Å². The molecule has 0 spiro atoms. The van der Waals surface area contributed by atoms with E-state index in [2.05, 4.69) is 11.4 Å². The lowest BCUT2D eigenvalue weighted by Gasteiger charge is -2.31. The monoisotopic (exact) mass is 379 g/mol. The average Bonchev–Trinajstić information content (AvgIpc) is 2.87. The Balaban J connectivity index is 1.84. The van der Waals surface area contributed by atoms with E-state index in [-0.39, 0.29) is 31.1 Å². The van der Waals surface area contributed by atoms with E-state index in [0.717, 1.165) is 19.3 Å². The van der Waals surface area contributed by atoms with Crippen molar-refractivity contribution >= 4 is 17.7 Å². The van der Waals surface area contributed by atoms with Crippen LogP contribution in [0.4, 0.5) is 0 Å². The molecule has 1 N–H and O–H groups in total. The van der Waals surface area contributed by atoms with Gasteiger partial charge in [0.15, 0.2) is 6.61 Å². The molecule has 9 heteroatoms. The van der Waals surface area contributed by atoms with Crippen LogP contribution in [0.25, 0.3) is 0 Å². The van der Waals surface area contributed by atoms with Crippen molar-refractivity contribution in [2.24, 2.45) is 17.8 Å².